The summed E-state index contributed by atoms with van der Waals surface area (Å²) in [6.07, 6.45) is 3.01. The van der Waals surface area contributed by atoms with Crippen LogP contribution in [0.2, 0.25) is 0 Å². The third kappa shape index (κ3) is 6.38. The Morgan fingerprint density at radius 2 is 1.94 bits per heavy atom. The number of carbonyl (C=O) groups is 1. The van der Waals surface area contributed by atoms with E-state index in [1.165, 1.54) is 0 Å². The topological polar surface area (TPSA) is 41.1 Å². The first-order valence-corrected chi connectivity index (χ1v) is 7.28. The molecule has 0 aliphatic rings. The number of amides is 1. The summed E-state index contributed by atoms with van der Waals surface area (Å²) in [5.74, 6) is 1.11. The Hall–Kier alpha value is -0.220. The van der Waals surface area contributed by atoms with Gasteiger partial charge in [-0.25, -0.2) is 0 Å². The maximum atomic E-state index is 11.9. The molecule has 0 bridgehead atoms. The van der Waals surface area contributed by atoms with E-state index in [2.05, 4.69) is 30.7 Å². The first-order valence-electron chi connectivity index (χ1n) is 5.89. The minimum Gasteiger partial charge on any atom is -0.350 e. The number of rotatable bonds is 7. The van der Waals surface area contributed by atoms with Crippen molar-refractivity contribution in [1.29, 1.82) is 0 Å². The lowest BCUT2D eigenvalue weighted by molar-refractivity contribution is -0.124. The van der Waals surface area contributed by atoms with Gasteiger partial charge in [-0.3, -0.25) is 4.79 Å². The van der Waals surface area contributed by atoms with Crippen LogP contribution < -0.4 is 10.6 Å². The standard InChI is InChI=1S/C12H26N2OS/c1-7-12(4,5)14-11(15)10(3)13-9(2)8-16-6/h9-10,13H,7-8H2,1-6H3,(H,14,15). The van der Waals surface area contributed by atoms with Gasteiger partial charge in [-0.2, -0.15) is 11.8 Å². The van der Waals surface area contributed by atoms with Crippen LogP contribution in [0.15, 0.2) is 0 Å². The summed E-state index contributed by atoms with van der Waals surface area (Å²) < 4.78 is 0. The molecule has 96 valence electrons. The number of nitrogens with one attached hydrogen (secondary N) is 2. The Labute approximate surface area is 104 Å². The second-order valence-electron chi connectivity index (χ2n) is 4.97. The van der Waals surface area contributed by atoms with Gasteiger partial charge >= 0.3 is 0 Å². The predicted octanol–water partition coefficient (Wildman–Crippen LogP) is 2.02. The van der Waals surface area contributed by atoms with Crippen molar-refractivity contribution >= 4 is 17.7 Å². The van der Waals surface area contributed by atoms with Crippen LogP contribution in [-0.2, 0) is 4.79 Å². The fraction of sp³-hybridized carbons (Fsp3) is 0.917. The molecule has 16 heavy (non-hydrogen) atoms. The molecule has 0 rings (SSSR count). The molecule has 2 unspecified atom stereocenters. The van der Waals surface area contributed by atoms with Crippen LogP contribution in [-0.4, -0.2) is 35.5 Å². The number of hydrogen-bond acceptors (Lipinski definition) is 3. The van der Waals surface area contributed by atoms with Gasteiger partial charge in [0.15, 0.2) is 0 Å². The smallest absolute Gasteiger partial charge is 0.237 e. The van der Waals surface area contributed by atoms with Crippen LogP contribution in [0.25, 0.3) is 0 Å². The van der Waals surface area contributed by atoms with Gasteiger partial charge in [0, 0.05) is 17.3 Å². The van der Waals surface area contributed by atoms with Gasteiger partial charge in [0.1, 0.15) is 0 Å². The van der Waals surface area contributed by atoms with Gasteiger partial charge in [-0.1, -0.05) is 6.92 Å². The quantitative estimate of drug-likeness (QED) is 0.722. The summed E-state index contributed by atoms with van der Waals surface area (Å²) in [7, 11) is 0. The minimum absolute atomic E-state index is 0.0832. The van der Waals surface area contributed by atoms with E-state index < -0.39 is 0 Å². The number of thioether (sulfide) groups is 1. The van der Waals surface area contributed by atoms with Crippen molar-refractivity contribution in [1.82, 2.24) is 10.6 Å². The highest BCUT2D eigenvalue weighted by Crippen LogP contribution is 2.07. The lowest BCUT2D eigenvalue weighted by Gasteiger charge is -2.27. The second-order valence-corrected chi connectivity index (χ2v) is 5.88. The van der Waals surface area contributed by atoms with E-state index in [-0.39, 0.29) is 17.5 Å². The van der Waals surface area contributed by atoms with Gasteiger partial charge in [-0.15, -0.1) is 0 Å². The van der Waals surface area contributed by atoms with Crippen molar-refractivity contribution in [2.75, 3.05) is 12.0 Å². The Kier molecular flexibility index (Phi) is 7.07. The first-order chi connectivity index (χ1) is 7.32. The third-order valence-corrected chi connectivity index (χ3v) is 3.52. The second kappa shape index (κ2) is 7.17. The fourth-order valence-corrected chi connectivity index (χ4v) is 1.93. The van der Waals surface area contributed by atoms with Gasteiger partial charge < -0.3 is 10.6 Å². The lowest BCUT2D eigenvalue weighted by Crippen LogP contribution is -2.52. The Bertz CT molecular complexity index is 219. The molecule has 0 aliphatic heterocycles. The zero-order valence-corrected chi connectivity index (χ0v) is 12.2. The summed E-state index contributed by atoms with van der Waals surface area (Å²) in [6.45, 7) is 10.2. The fourth-order valence-electron chi connectivity index (χ4n) is 1.33. The average Bonchev–Trinajstić information content (AvgIpc) is 2.17. The molecule has 0 saturated heterocycles. The third-order valence-electron chi connectivity index (χ3n) is 2.69. The predicted molar refractivity (Wildman–Crippen MR) is 73.0 cm³/mol. The Morgan fingerprint density at radius 3 is 2.38 bits per heavy atom. The summed E-state index contributed by atoms with van der Waals surface area (Å²) >= 11 is 1.79. The summed E-state index contributed by atoms with van der Waals surface area (Å²) in [4.78, 5) is 11.9. The highest BCUT2D eigenvalue weighted by Gasteiger charge is 2.22. The molecule has 0 radical (unpaired) electrons. The van der Waals surface area contributed by atoms with E-state index in [0.29, 0.717) is 6.04 Å². The molecule has 0 spiro atoms. The van der Waals surface area contributed by atoms with Crippen molar-refractivity contribution in [3.05, 3.63) is 0 Å². The van der Waals surface area contributed by atoms with Crippen molar-refractivity contribution in [2.45, 2.75) is 58.7 Å². The maximum absolute atomic E-state index is 11.9. The summed E-state index contributed by atoms with van der Waals surface area (Å²) in [5, 5.41) is 6.34. The molecule has 0 aromatic carbocycles. The SMILES string of the molecule is CCC(C)(C)NC(=O)C(C)NC(C)CSC. The van der Waals surface area contributed by atoms with Crippen LogP contribution in [0.5, 0.6) is 0 Å². The molecule has 0 fully saturated rings. The Balaban J connectivity index is 4.09. The maximum Gasteiger partial charge on any atom is 0.237 e. The van der Waals surface area contributed by atoms with E-state index in [0.717, 1.165) is 12.2 Å². The van der Waals surface area contributed by atoms with E-state index in [1.807, 2.05) is 20.8 Å². The average molecular weight is 246 g/mol. The molecule has 2 atom stereocenters. The lowest BCUT2D eigenvalue weighted by atomic mass is 10.0. The van der Waals surface area contributed by atoms with Crippen molar-refractivity contribution < 1.29 is 4.79 Å². The molecule has 0 aliphatic carbocycles. The van der Waals surface area contributed by atoms with E-state index in [9.17, 15) is 4.79 Å². The van der Waals surface area contributed by atoms with E-state index in [1.54, 1.807) is 11.8 Å². The van der Waals surface area contributed by atoms with Gasteiger partial charge in [0.25, 0.3) is 0 Å². The first kappa shape index (κ1) is 15.8. The van der Waals surface area contributed by atoms with Crippen molar-refractivity contribution in [2.24, 2.45) is 0 Å². The molecular weight excluding hydrogens is 220 g/mol. The van der Waals surface area contributed by atoms with Crippen LogP contribution in [0.4, 0.5) is 0 Å². The molecular formula is C12H26N2OS. The minimum atomic E-state index is -0.132. The molecule has 3 nitrogen and oxygen atoms in total. The van der Waals surface area contributed by atoms with Crippen LogP contribution in [0.3, 0.4) is 0 Å². The zero-order chi connectivity index (χ0) is 12.8. The molecule has 0 saturated carbocycles. The van der Waals surface area contributed by atoms with Crippen LogP contribution >= 0.6 is 11.8 Å². The highest BCUT2D eigenvalue weighted by molar-refractivity contribution is 7.98. The highest BCUT2D eigenvalue weighted by atomic mass is 32.2. The van der Waals surface area contributed by atoms with Crippen LogP contribution in [0, 0.1) is 0 Å². The molecule has 0 heterocycles. The number of hydrogen-bond donors (Lipinski definition) is 2. The van der Waals surface area contributed by atoms with Crippen molar-refractivity contribution in [3.8, 4) is 0 Å². The monoisotopic (exact) mass is 246 g/mol. The summed E-state index contributed by atoms with van der Waals surface area (Å²) in [5.41, 5.74) is -0.115. The zero-order valence-electron chi connectivity index (χ0n) is 11.4. The number of carbonyl (C=O) groups excluding carboxylic acids is 1. The Morgan fingerprint density at radius 1 is 1.38 bits per heavy atom. The van der Waals surface area contributed by atoms with Crippen molar-refractivity contribution in [3.63, 3.8) is 0 Å². The summed E-state index contributed by atoms with van der Waals surface area (Å²) in [6, 6.07) is 0.230. The normalized spacial score (nSPS) is 15.6. The molecule has 2 N–H and O–H groups in total. The van der Waals surface area contributed by atoms with E-state index >= 15 is 0 Å². The molecule has 0 aromatic heterocycles. The van der Waals surface area contributed by atoms with Gasteiger partial charge in [0.2, 0.25) is 5.91 Å². The molecule has 4 heteroatoms. The molecule has 0 aromatic rings. The van der Waals surface area contributed by atoms with Crippen LogP contribution in [0.1, 0.15) is 41.0 Å². The largest absolute Gasteiger partial charge is 0.350 e. The van der Waals surface area contributed by atoms with Gasteiger partial charge in [-0.05, 0) is 40.4 Å². The van der Waals surface area contributed by atoms with E-state index in [4.69, 9.17) is 0 Å². The molecule has 1 amide bonds. The van der Waals surface area contributed by atoms with Gasteiger partial charge in [0.05, 0.1) is 6.04 Å².